The van der Waals surface area contributed by atoms with Crippen LogP contribution in [0.3, 0.4) is 0 Å². The Kier molecular flexibility index (Phi) is 11.6. The molecule has 0 fully saturated rings. The van der Waals surface area contributed by atoms with Gasteiger partial charge in [0.2, 0.25) is 11.8 Å². The summed E-state index contributed by atoms with van der Waals surface area (Å²) in [4.78, 5) is 50.0. The van der Waals surface area contributed by atoms with E-state index in [0.29, 0.717) is 12.8 Å². The number of nitrogens with one attached hydrogen (secondary N) is 3. The highest BCUT2D eigenvalue weighted by atomic mass is 16.4. The van der Waals surface area contributed by atoms with Crippen molar-refractivity contribution in [2.24, 2.45) is 5.92 Å². The highest BCUT2D eigenvalue weighted by Crippen LogP contribution is 2.12. The zero-order valence-electron chi connectivity index (χ0n) is 20.6. The van der Waals surface area contributed by atoms with Crippen molar-refractivity contribution in [3.05, 3.63) is 71.8 Å². The Bertz CT molecular complexity index is 999. The molecular formula is C27H35N3O6. The number of aryl methyl sites for hydroxylation is 1. The van der Waals surface area contributed by atoms with Gasteiger partial charge >= 0.3 is 6.09 Å². The lowest BCUT2D eigenvalue weighted by molar-refractivity contribution is -0.133. The van der Waals surface area contributed by atoms with Crippen molar-refractivity contribution >= 4 is 23.7 Å². The van der Waals surface area contributed by atoms with Crippen LogP contribution < -0.4 is 16.0 Å². The Morgan fingerprint density at radius 3 is 1.92 bits per heavy atom. The number of ketones is 1. The summed E-state index contributed by atoms with van der Waals surface area (Å²) in [5.74, 6) is -2.03. The molecule has 3 amide bonds. The molecule has 0 heterocycles. The summed E-state index contributed by atoms with van der Waals surface area (Å²) in [6.07, 6.45) is 0.102. The molecule has 0 aliphatic heterocycles. The fourth-order valence-corrected chi connectivity index (χ4v) is 3.80. The van der Waals surface area contributed by atoms with Gasteiger partial charge in [-0.2, -0.15) is 0 Å². The lowest BCUT2D eigenvalue weighted by Gasteiger charge is -2.28. The van der Waals surface area contributed by atoms with Gasteiger partial charge in [0.1, 0.15) is 18.7 Å². The minimum atomic E-state index is -1.36. The van der Waals surface area contributed by atoms with Gasteiger partial charge in [0.05, 0.1) is 6.04 Å². The zero-order chi connectivity index (χ0) is 26.5. The summed E-state index contributed by atoms with van der Waals surface area (Å²) >= 11 is 0. The Hall–Kier alpha value is -3.72. The van der Waals surface area contributed by atoms with Crippen LogP contribution >= 0.6 is 0 Å². The van der Waals surface area contributed by atoms with E-state index in [1.807, 2.05) is 43.3 Å². The summed E-state index contributed by atoms with van der Waals surface area (Å²) in [5.41, 5.74) is 1.74. The Morgan fingerprint density at radius 2 is 1.39 bits per heavy atom. The van der Waals surface area contributed by atoms with E-state index in [1.54, 1.807) is 31.2 Å². The van der Waals surface area contributed by atoms with Crippen molar-refractivity contribution in [2.45, 2.75) is 57.7 Å². The minimum absolute atomic E-state index is 0.108. The van der Waals surface area contributed by atoms with Crippen LogP contribution in [-0.2, 0) is 27.2 Å². The number of amides is 3. The van der Waals surface area contributed by atoms with Gasteiger partial charge in [-0.1, -0.05) is 80.9 Å². The number of hydrogen-bond donors (Lipinski definition) is 5. The first kappa shape index (κ1) is 28.5. The van der Waals surface area contributed by atoms with Gasteiger partial charge in [-0.05, 0) is 29.9 Å². The summed E-state index contributed by atoms with van der Waals surface area (Å²) in [5, 5.41) is 26.2. The molecule has 2 aromatic carbocycles. The van der Waals surface area contributed by atoms with Crippen LogP contribution in [0.4, 0.5) is 4.79 Å². The second-order valence-corrected chi connectivity index (χ2v) is 8.77. The Balaban J connectivity index is 2.15. The van der Waals surface area contributed by atoms with E-state index in [0.717, 1.165) is 11.1 Å². The lowest BCUT2D eigenvalue weighted by atomic mass is 9.96. The summed E-state index contributed by atoms with van der Waals surface area (Å²) < 4.78 is 0. The number of carbonyl (C=O) groups is 4. The topological polar surface area (TPSA) is 145 Å². The van der Waals surface area contributed by atoms with Crippen LogP contribution in [0, 0.1) is 5.92 Å². The van der Waals surface area contributed by atoms with Crippen LogP contribution in [0.1, 0.15) is 37.8 Å². The maximum atomic E-state index is 13.2. The van der Waals surface area contributed by atoms with Crippen LogP contribution in [0.25, 0.3) is 0 Å². The van der Waals surface area contributed by atoms with Crippen LogP contribution in [0.5, 0.6) is 0 Å². The van der Waals surface area contributed by atoms with Gasteiger partial charge in [0.15, 0.2) is 5.78 Å². The molecule has 5 N–H and O–H groups in total. The molecule has 0 aromatic heterocycles. The predicted octanol–water partition coefficient (Wildman–Crippen LogP) is 2.08. The third-order valence-corrected chi connectivity index (χ3v) is 6.12. The molecule has 0 aliphatic rings. The zero-order valence-corrected chi connectivity index (χ0v) is 20.6. The molecule has 0 aliphatic carbocycles. The van der Waals surface area contributed by atoms with Crippen molar-refractivity contribution in [3.8, 4) is 0 Å². The summed E-state index contributed by atoms with van der Waals surface area (Å²) in [7, 11) is 0. The Morgan fingerprint density at radius 1 is 0.806 bits per heavy atom. The molecule has 2 aromatic rings. The number of aliphatic hydroxyl groups is 1. The second kappa shape index (κ2) is 14.6. The largest absolute Gasteiger partial charge is 0.465 e. The quantitative estimate of drug-likeness (QED) is 0.270. The van der Waals surface area contributed by atoms with Crippen LogP contribution in [0.2, 0.25) is 0 Å². The standard InChI is InChI=1S/C27H35N3O6/c1-3-18(2)24(30-25(33)22(29-27(35)36)16-20-12-8-5-9-13-20)26(34)28-21(23(32)17-31)15-14-19-10-6-4-7-11-19/h4-13,18,21-22,24,29,31H,3,14-17H2,1-2H3,(H,28,34)(H,30,33)(H,35,36). The smallest absolute Gasteiger partial charge is 0.405 e. The van der Waals surface area contributed by atoms with E-state index < -0.39 is 48.4 Å². The first-order valence-electron chi connectivity index (χ1n) is 12.1. The highest BCUT2D eigenvalue weighted by Gasteiger charge is 2.32. The highest BCUT2D eigenvalue weighted by molar-refractivity contribution is 5.94. The molecule has 0 bridgehead atoms. The average Bonchev–Trinajstić information content (AvgIpc) is 2.89. The molecule has 4 unspecified atom stereocenters. The summed E-state index contributed by atoms with van der Waals surface area (Å²) in [6, 6.07) is 15.4. The molecule has 0 saturated carbocycles. The molecule has 9 nitrogen and oxygen atoms in total. The first-order valence-corrected chi connectivity index (χ1v) is 12.1. The maximum Gasteiger partial charge on any atom is 0.405 e. The predicted molar refractivity (Wildman–Crippen MR) is 135 cm³/mol. The number of rotatable bonds is 14. The van der Waals surface area contributed by atoms with Gasteiger partial charge in [0, 0.05) is 6.42 Å². The summed E-state index contributed by atoms with van der Waals surface area (Å²) in [6.45, 7) is 2.93. The van der Waals surface area contributed by atoms with E-state index in [-0.39, 0.29) is 18.8 Å². The molecule has 0 spiro atoms. The molecule has 0 radical (unpaired) electrons. The van der Waals surface area contributed by atoms with Crippen LogP contribution in [-0.4, -0.2) is 58.6 Å². The Labute approximate surface area is 211 Å². The number of hydrogen-bond acceptors (Lipinski definition) is 5. The van der Waals surface area contributed by atoms with Crippen molar-refractivity contribution in [1.82, 2.24) is 16.0 Å². The third kappa shape index (κ3) is 9.14. The third-order valence-electron chi connectivity index (χ3n) is 6.12. The second-order valence-electron chi connectivity index (χ2n) is 8.77. The fourth-order valence-electron chi connectivity index (χ4n) is 3.80. The van der Waals surface area contributed by atoms with Crippen molar-refractivity contribution in [1.29, 1.82) is 0 Å². The number of carboxylic acid groups (broad SMARTS) is 1. The average molecular weight is 498 g/mol. The monoisotopic (exact) mass is 497 g/mol. The first-order chi connectivity index (χ1) is 17.2. The number of benzene rings is 2. The van der Waals surface area contributed by atoms with Crippen molar-refractivity contribution < 1.29 is 29.4 Å². The number of aliphatic hydroxyl groups excluding tert-OH is 1. The van der Waals surface area contributed by atoms with E-state index >= 15 is 0 Å². The van der Waals surface area contributed by atoms with Gasteiger partial charge in [-0.3, -0.25) is 14.4 Å². The van der Waals surface area contributed by atoms with Gasteiger partial charge in [-0.15, -0.1) is 0 Å². The van der Waals surface area contributed by atoms with Gasteiger partial charge in [-0.25, -0.2) is 4.79 Å². The molecule has 2 rings (SSSR count). The SMILES string of the molecule is CCC(C)C(NC(=O)C(Cc1ccccc1)NC(=O)O)C(=O)NC(CCc1ccccc1)C(=O)CO. The minimum Gasteiger partial charge on any atom is -0.465 e. The molecular weight excluding hydrogens is 462 g/mol. The van der Waals surface area contributed by atoms with Gasteiger partial charge in [0.25, 0.3) is 0 Å². The molecule has 36 heavy (non-hydrogen) atoms. The molecule has 4 atom stereocenters. The molecule has 194 valence electrons. The van der Waals surface area contributed by atoms with E-state index in [1.165, 1.54) is 0 Å². The molecule has 0 saturated heterocycles. The molecule has 9 heteroatoms. The van der Waals surface area contributed by atoms with E-state index in [2.05, 4.69) is 16.0 Å². The van der Waals surface area contributed by atoms with Crippen molar-refractivity contribution in [3.63, 3.8) is 0 Å². The van der Waals surface area contributed by atoms with Crippen LogP contribution in [0.15, 0.2) is 60.7 Å². The number of Topliss-reactive ketones (excluding diaryl/α,β-unsaturated/α-hetero) is 1. The van der Waals surface area contributed by atoms with Gasteiger partial charge < -0.3 is 26.2 Å². The van der Waals surface area contributed by atoms with E-state index in [9.17, 15) is 29.4 Å². The fraction of sp³-hybridized carbons (Fsp3) is 0.407. The maximum absolute atomic E-state index is 13.2. The number of carbonyl (C=O) groups excluding carboxylic acids is 3. The van der Waals surface area contributed by atoms with Crippen molar-refractivity contribution in [2.75, 3.05) is 6.61 Å². The normalized spacial score (nSPS) is 14.1. The lowest BCUT2D eigenvalue weighted by Crippen LogP contribution is -2.58. The van der Waals surface area contributed by atoms with E-state index in [4.69, 9.17) is 0 Å².